The molecule has 0 bridgehead atoms. The van der Waals surface area contributed by atoms with E-state index in [9.17, 15) is 18.0 Å². The molecule has 1 fully saturated rings. The lowest BCUT2D eigenvalue weighted by molar-refractivity contribution is 0.0303. The number of aryl methyl sites for hydroxylation is 2. The summed E-state index contributed by atoms with van der Waals surface area (Å²) < 4.78 is 34.0. The van der Waals surface area contributed by atoms with Gasteiger partial charge in [0.25, 0.3) is 21.8 Å². The van der Waals surface area contributed by atoms with Gasteiger partial charge < -0.3 is 15.0 Å². The Balaban J connectivity index is 1.57. The third-order valence-electron chi connectivity index (χ3n) is 5.75. The fraction of sp³-hybridized carbons (Fsp3) is 0.231. The molecule has 0 atom stereocenters. The van der Waals surface area contributed by atoms with E-state index in [0.717, 1.165) is 5.56 Å². The van der Waals surface area contributed by atoms with Crippen molar-refractivity contribution in [2.24, 2.45) is 0 Å². The van der Waals surface area contributed by atoms with Gasteiger partial charge in [0, 0.05) is 24.3 Å². The highest BCUT2D eigenvalue weighted by atomic mass is 32.2. The Morgan fingerprint density at radius 3 is 2.31 bits per heavy atom. The molecular formula is C26H27N3O5S. The van der Waals surface area contributed by atoms with Crippen LogP contribution in [0.3, 0.4) is 0 Å². The van der Waals surface area contributed by atoms with Gasteiger partial charge in [-0.2, -0.15) is 0 Å². The number of hydrogen-bond donors (Lipinski definition) is 2. The second kappa shape index (κ2) is 10.3. The molecule has 0 unspecified atom stereocenters. The first-order valence-electron chi connectivity index (χ1n) is 11.2. The van der Waals surface area contributed by atoms with Crippen LogP contribution in [-0.2, 0) is 14.8 Å². The maximum Gasteiger partial charge on any atom is 0.262 e. The lowest BCUT2D eigenvalue weighted by Crippen LogP contribution is -2.41. The average molecular weight is 494 g/mol. The van der Waals surface area contributed by atoms with Gasteiger partial charge in [-0.05, 0) is 55.8 Å². The van der Waals surface area contributed by atoms with Gasteiger partial charge >= 0.3 is 0 Å². The van der Waals surface area contributed by atoms with Gasteiger partial charge in [-0.15, -0.1) is 0 Å². The molecule has 3 aromatic rings. The van der Waals surface area contributed by atoms with Crippen LogP contribution in [0.15, 0.2) is 71.6 Å². The average Bonchev–Trinajstić information content (AvgIpc) is 2.86. The lowest BCUT2D eigenvalue weighted by atomic mass is 10.1. The quantitative estimate of drug-likeness (QED) is 0.543. The Bertz CT molecular complexity index is 1350. The minimum absolute atomic E-state index is 0.00315. The van der Waals surface area contributed by atoms with Crippen LogP contribution in [0.25, 0.3) is 0 Å². The minimum atomic E-state index is -3.92. The Morgan fingerprint density at radius 2 is 1.60 bits per heavy atom. The predicted molar refractivity (Wildman–Crippen MR) is 134 cm³/mol. The molecule has 9 heteroatoms. The van der Waals surface area contributed by atoms with Crippen LogP contribution in [-0.4, -0.2) is 51.4 Å². The molecule has 8 nitrogen and oxygen atoms in total. The SMILES string of the molecule is Cc1ccc(NS(=O)(=O)c2cc(C(=O)Nc3ccccc3C(=O)N3CCOCC3)ccc2C)cc1. The van der Waals surface area contributed by atoms with Crippen molar-refractivity contribution in [3.8, 4) is 0 Å². The third kappa shape index (κ3) is 5.70. The summed E-state index contributed by atoms with van der Waals surface area (Å²) in [5, 5.41) is 2.77. The summed E-state index contributed by atoms with van der Waals surface area (Å²) in [6.45, 7) is 5.48. The van der Waals surface area contributed by atoms with Crippen molar-refractivity contribution < 1.29 is 22.7 Å². The van der Waals surface area contributed by atoms with E-state index in [0.29, 0.717) is 48.8 Å². The van der Waals surface area contributed by atoms with Crippen molar-refractivity contribution >= 4 is 33.2 Å². The monoisotopic (exact) mass is 493 g/mol. The summed E-state index contributed by atoms with van der Waals surface area (Å²) in [6, 6.07) is 18.2. The number of morpholine rings is 1. The molecule has 1 aliphatic heterocycles. The fourth-order valence-corrected chi connectivity index (χ4v) is 5.10. The van der Waals surface area contributed by atoms with E-state index in [1.165, 1.54) is 6.07 Å². The Kier molecular flexibility index (Phi) is 7.18. The summed E-state index contributed by atoms with van der Waals surface area (Å²) in [5.74, 6) is -0.710. The highest BCUT2D eigenvalue weighted by Crippen LogP contribution is 2.23. The number of nitrogens with one attached hydrogen (secondary N) is 2. The van der Waals surface area contributed by atoms with E-state index in [1.807, 2.05) is 19.1 Å². The number of benzene rings is 3. The molecule has 1 heterocycles. The molecule has 1 saturated heterocycles. The molecule has 1 aliphatic rings. The molecule has 0 aromatic heterocycles. The van der Waals surface area contributed by atoms with Crippen LogP contribution in [0.2, 0.25) is 0 Å². The van der Waals surface area contributed by atoms with E-state index in [1.54, 1.807) is 60.4 Å². The van der Waals surface area contributed by atoms with Gasteiger partial charge in [-0.3, -0.25) is 14.3 Å². The van der Waals surface area contributed by atoms with Gasteiger partial charge in [0.1, 0.15) is 0 Å². The van der Waals surface area contributed by atoms with Gasteiger partial charge in [0.15, 0.2) is 0 Å². The predicted octanol–water partition coefficient (Wildman–Crippen LogP) is 3.83. The number of rotatable bonds is 6. The number of para-hydroxylation sites is 1. The van der Waals surface area contributed by atoms with Crippen molar-refractivity contribution in [2.45, 2.75) is 18.7 Å². The first-order valence-corrected chi connectivity index (χ1v) is 12.7. The summed E-state index contributed by atoms with van der Waals surface area (Å²) >= 11 is 0. The zero-order chi connectivity index (χ0) is 25.0. The maximum atomic E-state index is 13.1. The zero-order valence-corrected chi connectivity index (χ0v) is 20.4. The molecule has 2 amide bonds. The van der Waals surface area contributed by atoms with Gasteiger partial charge in [-0.1, -0.05) is 35.9 Å². The molecule has 0 radical (unpaired) electrons. The van der Waals surface area contributed by atoms with Crippen LogP contribution < -0.4 is 10.0 Å². The summed E-state index contributed by atoms with van der Waals surface area (Å²) in [5.41, 5.74) is 2.83. The van der Waals surface area contributed by atoms with E-state index in [-0.39, 0.29) is 16.4 Å². The number of hydrogen-bond acceptors (Lipinski definition) is 5. The molecular weight excluding hydrogens is 466 g/mol. The van der Waals surface area contributed by atoms with E-state index < -0.39 is 15.9 Å². The third-order valence-corrected chi connectivity index (χ3v) is 7.27. The Morgan fingerprint density at radius 1 is 0.914 bits per heavy atom. The number of carbonyl (C=O) groups excluding carboxylic acids is 2. The standard InChI is InChI=1S/C26H27N3O5S/c1-18-7-11-21(12-8-18)28-35(32,33)24-17-20(10-9-19(24)2)25(30)27-23-6-4-3-5-22(23)26(31)29-13-15-34-16-14-29/h3-12,17,28H,13-16H2,1-2H3,(H,27,30). The molecule has 35 heavy (non-hydrogen) atoms. The summed E-state index contributed by atoms with van der Waals surface area (Å²) in [6.07, 6.45) is 0. The van der Waals surface area contributed by atoms with Crippen molar-refractivity contribution in [1.29, 1.82) is 0 Å². The minimum Gasteiger partial charge on any atom is -0.378 e. The topological polar surface area (TPSA) is 105 Å². The molecule has 0 aliphatic carbocycles. The highest BCUT2D eigenvalue weighted by Gasteiger charge is 2.23. The fourth-order valence-electron chi connectivity index (χ4n) is 3.77. The van der Waals surface area contributed by atoms with Crippen LogP contribution >= 0.6 is 0 Å². The second-order valence-corrected chi connectivity index (χ2v) is 10.0. The van der Waals surface area contributed by atoms with E-state index >= 15 is 0 Å². The van der Waals surface area contributed by atoms with Gasteiger partial charge in [-0.25, -0.2) is 8.42 Å². The van der Waals surface area contributed by atoms with Crippen LogP contribution in [0.1, 0.15) is 31.8 Å². The number of nitrogens with zero attached hydrogens (tertiary/aromatic N) is 1. The summed E-state index contributed by atoms with van der Waals surface area (Å²) in [4.78, 5) is 27.8. The van der Waals surface area contributed by atoms with E-state index in [4.69, 9.17) is 4.74 Å². The molecule has 0 spiro atoms. The molecule has 3 aromatic carbocycles. The number of sulfonamides is 1. The zero-order valence-electron chi connectivity index (χ0n) is 19.6. The van der Waals surface area contributed by atoms with Crippen LogP contribution in [0.5, 0.6) is 0 Å². The van der Waals surface area contributed by atoms with Gasteiger partial charge in [0.2, 0.25) is 0 Å². The van der Waals surface area contributed by atoms with Crippen LogP contribution in [0.4, 0.5) is 11.4 Å². The largest absolute Gasteiger partial charge is 0.378 e. The highest BCUT2D eigenvalue weighted by molar-refractivity contribution is 7.92. The lowest BCUT2D eigenvalue weighted by Gasteiger charge is -2.27. The first kappa shape index (κ1) is 24.4. The normalized spacial score (nSPS) is 13.8. The Hall–Kier alpha value is -3.69. The summed E-state index contributed by atoms with van der Waals surface area (Å²) in [7, 11) is -3.92. The van der Waals surface area contributed by atoms with Crippen molar-refractivity contribution in [2.75, 3.05) is 36.3 Å². The van der Waals surface area contributed by atoms with Crippen molar-refractivity contribution in [1.82, 2.24) is 4.90 Å². The smallest absolute Gasteiger partial charge is 0.262 e. The van der Waals surface area contributed by atoms with Crippen molar-refractivity contribution in [3.05, 3.63) is 89.0 Å². The molecule has 4 rings (SSSR count). The first-order chi connectivity index (χ1) is 16.7. The second-order valence-electron chi connectivity index (χ2n) is 8.36. The van der Waals surface area contributed by atoms with Crippen molar-refractivity contribution in [3.63, 3.8) is 0 Å². The van der Waals surface area contributed by atoms with Crippen LogP contribution in [0, 0.1) is 13.8 Å². The van der Waals surface area contributed by atoms with E-state index in [2.05, 4.69) is 10.0 Å². The number of anilines is 2. The maximum absolute atomic E-state index is 13.1. The Labute approximate surface area is 205 Å². The number of ether oxygens (including phenoxy) is 1. The van der Waals surface area contributed by atoms with Gasteiger partial charge in [0.05, 0.1) is 29.4 Å². The molecule has 0 saturated carbocycles. The number of carbonyl (C=O) groups is 2. The molecule has 2 N–H and O–H groups in total. The molecule has 182 valence electrons. The number of amides is 2.